The highest BCUT2D eigenvalue weighted by Gasteiger charge is 2.08. The molecule has 1 aromatic rings. The Morgan fingerprint density at radius 2 is 2.12 bits per heavy atom. The van der Waals surface area contributed by atoms with Crippen LogP contribution in [-0.2, 0) is 0 Å². The zero-order valence-corrected chi connectivity index (χ0v) is 9.64. The van der Waals surface area contributed by atoms with Crippen molar-refractivity contribution in [2.75, 3.05) is 6.54 Å². The predicted octanol–water partition coefficient (Wildman–Crippen LogP) is 1.86. The van der Waals surface area contributed by atoms with E-state index in [0.717, 1.165) is 18.4 Å². The van der Waals surface area contributed by atoms with Gasteiger partial charge in [-0.25, -0.2) is 4.39 Å². The van der Waals surface area contributed by atoms with E-state index in [1.807, 2.05) is 0 Å². The van der Waals surface area contributed by atoms with Crippen LogP contribution in [0.25, 0.3) is 0 Å². The molecule has 0 aromatic heterocycles. The standard InChI is InChI=1S/C11H14FN3.ClH/c12-10-4-3-8(6-9(10)7-14)11(15)2-1-5-13;/h3-4,6,11H,1-2,5,13,15H2;1H/t11-;/m1./s1. The van der Waals surface area contributed by atoms with Gasteiger partial charge in [0.15, 0.2) is 0 Å². The molecule has 4 N–H and O–H groups in total. The summed E-state index contributed by atoms with van der Waals surface area (Å²) in [5, 5.41) is 8.65. The molecule has 0 saturated heterocycles. The van der Waals surface area contributed by atoms with E-state index in [1.165, 1.54) is 12.1 Å². The minimum Gasteiger partial charge on any atom is -0.330 e. The molecule has 0 radical (unpaired) electrons. The first-order valence-electron chi connectivity index (χ1n) is 4.84. The molecule has 5 heteroatoms. The van der Waals surface area contributed by atoms with Crippen LogP contribution in [0, 0.1) is 17.1 Å². The van der Waals surface area contributed by atoms with Crippen LogP contribution >= 0.6 is 12.4 Å². The van der Waals surface area contributed by atoms with E-state index in [9.17, 15) is 4.39 Å². The van der Waals surface area contributed by atoms with Gasteiger partial charge in [-0.2, -0.15) is 5.26 Å². The monoisotopic (exact) mass is 243 g/mol. The second-order valence-corrected chi connectivity index (χ2v) is 3.39. The number of nitrogens with two attached hydrogens (primary N) is 2. The molecular formula is C11H15ClFN3. The summed E-state index contributed by atoms with van der Waals surface area (Å²) >= 11 is 0. The average Bonchev–Trinajstić information content (AvgIpc) is 2.26. The van der Waals surface area contributed by atoms with Crippen LogP contribution in [0.4, 0.5) is 4.39 Å². The van der Waals surface area contributed by atoms with Gasteiger partial charge in [-0.3, -0.25) is 0 Å². The number of halogens is 2. The van der Waals surface area contributed by atoms with Crippen molar-refractivity contribution in [3.8, 4) is 6.07 Å². The van der Waals surface area contributed by atoms with Gasteiger partial charge in [-0.15, -0.1) is 12.4 Å². The van der Waals surface area contributed by atoms with E-state index < -0.39 is 5.82 Å². The third kappa shape index (κ3) is 3.78. The van der Waals surface area contributed by atoms with Crippen LogP contribution in [0.5, 0.6) is 0 Å². The van der Waals surface area contributed by atoms with Crippen molar-refractivity contribution < 1.29 is 4.39 Å². The van der Waals surface area contributed by atoms with Crippen LogP contribution in [0.3, 0.4) is 0 Å². The Balaban J connectivity index is 0.00000225. The van der Waals surface area contributed by atoms with E-state index in [1.54, 1.807) is 12.1 Å². The van der Waals surface area contributed by atoms with E-state index in [0.29, 0.717) is 6.54 Å². The number of nitriles is 1. The van der Waals surface area contributed by atoms with Crippen molar-refractivity contribution in [2.45, 2.75) is 18.9 Å². The topological polar surface area (TPSA) is 75.8 Å². The molecule has 0 saturated carbocycles. The molecule has 1 rings (SSSR count). The summed E-state index contributed by atoms with van der Waals surface area (Å²) in [5.41, 5.74) is 12.1. The Kier molecular flexibility index (Phi) is 6.66. The highest BCUT2D eigenvalue weighted by atomic mass is 35.5. The van der Waals surface area contributed by atoms with Gasteiger partial charge in [0.2, 0.25) is 0 Å². The Labute approximate surface area is 101 Å². The summed E-state index contributed by atoms with van der Waals surface area (Å²) in [6.07, 6.45) is 1.56. The van der Waals surface area contributed by atoms with E-state index in [2.05, 4.69) is 0 Å². The Bertz CT molecular complexity index is 376. The molecule has 3 nitrogen and oxygen atoms in total. The lowest BCUT2D eigenvalue weighted by Crippen LogP contribution is -2.12. The van der Waals surface area contributed by atoms with Crippen LogP contribution in [0.2, 0.25) is 0 Å². The van der Waals surface area contributed by atoms with Crippen LogP contribution in [-0.4, -0.2) is 6.54 Å². The summed E-state index contributed by atoms with van der Waals surface area (Å²) in [6, 6.07) is 5.99. The quantitative estimate of drug-likeness (QED) is 0.848. The lowest BCUT2D eigenvalue weighted by molar-refractivity contribution is 0.605. The molecule has 0 spiro atoms. The molecule has 0 aliphatic heterocycles. The number of hydrogen-bond donors (Lipinski definition) is 2. The van der Waals surface area contributed by atoms with E-state index in [-0.39, 0.29) is 24.0 Å². The molecule has 0 aliphatic carbocycles. The Morgan fingerprint density at radius 1 is 1.44 bits per heavy atom. The summed E-state index contributed by atoms with van der Waals surface area (Å²) < 4.78 is 13.0. The lowest BCUT2D eigenvalue weighted by atomic mass is 10.0. The van der Waals surface area contributed by atoms with Gasteiger partial charge in [0.25, 0.3) is 0 Å². The first-order valence-corrected chi connectivity index (χ1v) is 4.84. The Hall–Kier alpha value is -1.15. The second-order valence-electron chi connectivity index (χ2n) is 3.39. The molecule has 1 atom stereocenters. The summed E-state index contributed by atoms with van der Waals surface area (Å²) in [6.45, 7) is 0.583. The lowest BCUT2D eigenvalue weighted by Gasteiger charge is -2.11. The molecule has 0 unspecified atom stereocenters. The average molecular weight is 244 g/mol. The summed E-state index contributed by atoms with van der Waals surface area (Å²) in [7, 11) is 0. The maximum Gasteiger partial charge on any atom is 0.140 e. The third-order valence-corrected chi connectivity index (χ3v) is 2.26. The normalized spacial score (nSPS) is 11.4. The van der Waals surface area contributed by atoms with Crippen LogP contribution in [0.15, 0.2) is 18.2 Å². The maximum atomic E-state index is 13.0. The Morgan fingerprint density at radius 3 is 2.69 bits per heavy atom. The zero-order chi connectivity index (χ0) is 11.3. The third-order valence-electron chi connectivity index (χ3n) is 2.26. The first kappa shape index (κ1) is 14.8. The highest BCUT2D eigenvalue weighted by molar-refractivity contribution is 5.85. The minimum absolute atomic E-state index is 0. The smallest absolute Gasteiger partial charge is 0.140 e. The van der Waals surface area contributed by atoms with Crippen molar-refractivity contribution in [2.24, 2.45) is 11.5 Å². The molecule has 0 amide bonds. The first-order chi connectivity index (χ1) is 7.19. The van der Waals surface area contributed by atoms with Crippen molar-refractivity contribution in [3.63, 3.8) is 0 Å². The molecule has 1 aromatic carbocycles. The zero-order valence-electron chi connectivity index (χ0n) is 8.82. The van der Waals surface area contributed by atoms with E-state index >= 15 is 0 Å². The molecule has 16 heavy (non-hydrogen) atoms. The number of nitrogens with zero attached hydrogens (tertiary/aromatic N) is 1. The minimum atomic E-state index is -0.507. The van der Waals surface area contributed by atoms with Crippen molar-refractivity contribution in [3.05, 3.63) is 35.1 Å². The summed E-state index contributed by atoms with van der Waals surface area (Å²) in [5.74, 6) is -0.507. The fourth-order valence-corrected chi connectivity index (χ4v) is 1.36. The van der Waals surface area contributed by atoms with Gasteiger partial charge < -0.3 is 11.5 Å². The maximum absolute atomic E-state index is 13.0. The van der Waals surface area contributed by atoms with Crippen LogP contribution in [0.1, 0.15) is 30.0 Å². The fourth-order valence-electron chi connectivity index (χ4n) is 1.36. The molecule has 0 aliphatic rings. The second kappa shape index (κ2) is 7.18. The van der Waals surface area contributed by atoms with E-state index in [4.69, 9.17) is 16.7 Å². The largest absolute Gasteiger partial charge is 0.330 e. The van der Waals surface area contributed by atoms with Gasteiger partial charge in [0.05, 0.1) is 5.56 Å². The van der Waals surface area contributed by atoms with Gasteiger partial charge >= 0.3 is 0 Å². The number of rotatable bonds is 4. The molecule has 0 fully saturated rings. The highest BCUT2D eigenvalue weighted by Crippen LogP contribution is 2.18. The van der Waals surface area contributed by atoms with Crippen molar-refractivity contribution in [1.82, 2.24) is 0 Å². The van der Waals surface area contributed by atoms with Crippen molar-refractivity contribution in [1.29, 1.82) is 5.26 Å². The van der Waals surface area contributed by atoms with Crippen LogP contribution < -0.4 is 11.5 Å². The number of benzene rings is 1. The van der Waals surface area contributed by atoms with Crippen molar-refractivity contribution >= 4 is 12.4 Å². The van der Waals surface area contributed by atoms with Gasteiger partial charge in [-0.05, 0) is 37.1 Å². The molecule has 88 valence electrons. The molecule has 0 heterocycles. The SMILES string of the molecule is Cl.N#Cc1cc([C@H](N)CCCN)ccc1F. The predicted molar refractivity (Wildman–Crippen MR) is 63.6 cm³/mol. The van der Waals surface area contributed by atoms with Gasteiger partial charge in [0, 0.05) is 6.04 Å². The molecule has 0 bridgehead atoms. The van der Waals surface area contributed by atoms with Gasteiger partial charge in [0.1, 0.15) is 11.9 Å². The fraction of sp³-hybridized carbons (Fsp3) is 0.364. The number of hydrogen-bond acceptors (Lipinski definition) is 3. The summed E-state index contributed by atoms with van der Waals surface area (Å²) in [4.78, 5) is 0. The van der Waals surface area contributed by atoms with Gasteiger partial charge in [-0.1, -0.05) is 6.07 Å². The molecular weight excluding hydrogens is 229 g/mol.